The highest BCUT2D eigenvalue weighted by molar-refractivity contribution is 7.00. The van der Waals surface area contributed by atoms with Crippen LogP contribution in [0, 0.1) is 0 Å². The van der Waals surface area contributed by atoms with Gasteiger partial charge < -0.3 is 9.13 Å². The lowest BCUT2D eigenvalue weighted by atomic mass is 9.34. The molecule has 11 aromatic carbocycles. The third-order valence-corrected chi connectivity index (χ3v) is 22.9. The lowest BCUT2D eigenvalue weighted by Gasteiger charge is -2.33. The van der Waals surface area contributed by atoms with Crippen LogP contribution >= 0.6 is 0 Å². The van der Waals surface area contributed by atoms with Crippen LogP contribution in [0.4, 0.5) is 0 Å². The van der Waals surface area contributed by atoms with Crippen LogP contribution in [0.3, 0.4) is 0 Å². The monoisotopic (exact) mass is 1450 g/mol. The molecule has 2 aliphatic heterocycles. The Kier molecular flexibility index (Phi) is 16.2. The fourth-order valence-electron chi connectivity index (χ4n) is 16.5. The summed E-state index contributed by atoms with van der Waals surface area (Å²) in [4.78, 5) is 49.5. The number of nitrogens with zero attached hydrogens (tertiary/aromatic N) is 11. The number of fused-ring (bicyclic) bond motifs is 10. The van der Waals surface area contributed by atoms with Crippen LogP contribution in [0.25, 0.3) is 157 Å². The maximum Gasteiger partial charge on any atom is 0.252 e. The zero-order valence-corrected chi connectivity index (χ0v) is 66.9. The van der Waals surface area contributed by atoms with E-state index in [0.717, 1.165) is 105 Å². The smallest absolute Gasteiger partial charge is 0.252 e. The van der Waals surface area contributed by atoms with Gasteiger partial charge in [0.2, 0.25) is 0 Å². The zero-order chi connectivity index (χ0) is 77.3. The third-order valence-electron chi connectivity index (χ3n) is 22.9. The second-order valence-corrected chi connectivity index (χ2v) is 36.8. The number of hydrogen-bond acceptors (Lipinski definition) is 9. The Morgan fingerprint density at radius 2 is 0.495 bits per heavy atom. The summed E-state index contributed by atoms with van der Waals surface area (Å²) >= 11 is 0. The van der Waals surface area contributed by atoms with E-state index >= 15 is 0 Å². The van der Waals surface area contributed by atoms with Crippen molar-refractivity contribution in [2.24, 2.45) is 0 Å². The largest absolute Gasteiger partial charge is 0.310 e. The lowest BCUT2D eigenvalue weighted by Crippen LogP contribution is -2.59. The highest BCUT2D eigenvalue weighted by Crippen LogP contribution is 2.46. The Labute approximate surface area is 651 Å². The van der Waals surface area contributed by atoms with Crippen molar-refractivity contribution in [3.8, 4) is 114 Å². The number of para-hydroxylation sites is 2. The van der Waals surface area contributed by atoms with Gasteiger partial charge in [-0.25, -0.2) is 44.9 Å². The Morgan fingerprint density at radius 1 is 0.234 bits per heavy atom. The van der Waals surface area contributed by atoms with Crippen molar-refractivity contribution >= 4 is 66.7 Å². The van der Waals surface area contributed by atoms with Crippen molar-refractivity contribution in [1.29, 1.82) is 0 Å². The van der Waals surface area contributed by atoms with Gasteiger partial charge in [-0.3, -0.25) is 0 Å². The standard InChI is InChI=1S/C99H92BN11/c1-94(2,3)64-43-31-57(32-44-64)85-101-86(58-33-45-65(46-34-58)95(4,5)6)105-91(104-85)63-55-73(93-108-89(61-39-51-68(52-40-61)98(13,14)15)103-90(109-93)62-41-53-69(54-42-62)99(16,17)18)81-71-24-20-27-75-84(71)111(79(81)56-63)78-30-22-29-77-82(78)100(75)74-26-19-23-70-80-72(25-21-28-76(80)110(77)83(70)74)92-106-87(59-35-47-66(48-36-59)96(7,8)9)102-88(107-92)60-37-49-67(50-38-60)97(10,11)12/h19-56H,1-18H3. The molecule has 0 saturated carbocycles. The molecular weight excluding hydrogens is 1350 g/mol. The van der Waals surface area contributed by atoms with E-state index in [1.165, 1.54) is 49.8 Å². The minimum Gasteiger partial charge on any atom is -0.310 e. The molecule has 546 valence electrons. The second kappa shape index (κ2) is 25.3. The van der Waals surface area contributed by atoms with Gasteiger partial charge in [0.05, 0.1) is 11.0 Å². The topological polar surface area (TPSA) is 126 Å². The first-order chi connectivity index (χ1) is 52.8. The summed E-state index contributed by atoms with van der Waals surface area (Å²) in [5.74, 6) is 5.20. The van der Waals surface area contributed by atoms with Crippen LogP contribution in [0.1, 0.15) is 158 Å². The van der Waals surface area contributed by atoms with Gasteiger partial charge in [-0.1, -0.05) is 325 Å². The molecule has 0 radical (unpaired) electrons. The minimum atomic E-state index is -0.170. The molecule has 18 rings (SSSR count). The molecule has 0 atom stereocenters. The van der Waals surface area contributed by atoms with Gasteiger partial charge in [0.15, 0.2) is 52.4 Å². The first-order valence-corrected chi connectivity index (χ1v) is 39.0. The molecule has 0 N–H and O–H groups in total. The Hall–Kier alpha value is -11.9. The normalized spacial score (nSPS) is 13.1. The van der Waals surface area contributed by atoms with E-state index in [0.29, 0.717) is 52.4 Å². The predicted octanol–water partition coefficient (Wildman–Crippen LogP) is 22.4. The highest BCUT2D eigenvalue weighted by Gasteiger charge is 2.42. The fraction of sp³-hybridized carbons (Fsp3) is 0.242. The predicted molar refractivity (Wildman–Crippen MR) is 461 cm³/mol. The van der Waals surface area contributed by atoms with Gasteiger partial charge in [0, 0.05) is 94.0 Å². The van der Waals surface area contributed by atoms with Gasteiger partial charge in [-0.05, 0) is 113 Å². The second-order valence-electron chi connectivity index (χ2n) is 36.8. The zero-order valence-electron chi connectivity index (χ0n) is 66.9. The van der Waals surface area contributed by atoms with Gasteiger partial charge in [-0.15, -0.1) is 0 Å². The van der Waals surface area contributed by atoms with Crippen LogP contribution in [-0.4, -0.2) is 60.7 Å². The van der Waals surface area contributed by atoms with Crippen LogP contribution in [0.15, 0.2) is 231 Å². The molecule has 11 nitrogen and oxygen atoms in total. The van der Waals surface area contributed by atoms with Crippen LogP contribution in [-0.2, 0) is 32.5 Å². The highest BCUT2D eigenvalue weighted by atomic mass is 15.1. The maximum atomic E-state index is 5.66. The molecule has 7 heterocycles. The molecule has 12 heteroatoms. The Morgan fingerprint density at radius 3 is 0.811 bits per heavy atom. The SMILES string of the molecule is CC(C)(C)c1ccc(-c2nc(-c3ccc(C(C)(C)C)cc3)nc(-c3cc(-c4nc(-c5ccc(C(C)(C)C)cc5)nc(-c5ccc(C(C)(C)C)cc5)n4)c4c5cccc6c5n(c4c3)-c3cccc4c3B6c3cccc5c6c(-c7nc(-c8ccc(C(C)(C)C)cc8)nc(-c8ccc(C(C)(C)C)cc8)n7)cccc6n-4c35)n2)cc1. The number of rotatable bonds is 9. The van der Waals surface area contributed by atoms with E-state index in [9.17, 15) is 0 Å². The Bertz CT molecular complexity index is 6220. The number of aromatic nitrogens is 11. The quantitative estimate of drug-likeness (QED) is 0.130. The van der Waals surface area contributed by atoms with E-state index in [-0.39, 0.29) is 39.2 Å². The fourth-order valence-corrected chi connectivity index (χ4v) is 16.5. The lowest BCUT2D eigenvalue weighted by molar-refractivity contribution is 0.590. The third kappa shape index (κ3) is 12.2. The average molecular weight is 1450 g/mol. The maximum absolute atomic E-state index is 5.66. The molecule has 0 bridgehead atoms. The van der Waals surface area contributed by atoms with E-state index < -0.39 is 0 Å². The number of hydrogen-bond donors (Lipinski definition) is 0. The summed E-state index contributed by atoms with van der Waals surface area (Å²) in [5.41, 5.74) is 25.1. The van der Waals surface area contributed by atoms with Crippen molar-refractivity contribution in [3.05, 3.63) is 264 Å². The molecule has 111 heavy (non-hydrogen) atoms. The van der Waals surface area contributed by atoms with E-state index in [4.69, 9.17) is 44.9 Å². The molecular formula is C99H92BN11. The van der Waals surface area contributed by atoms with Crippen molar-refractivity contribution < 1.29 is 0 Å². The molecule has 0 aliphatic carbocycles. The summed E-state index contributed by atoms with van der Waals surface area (Å²) in [6.07, 6.45) is 0. The van der Waals surface area contributed by atoms with Gasteiger partial charge >= 0.3 is 0 Å². The molecule has 2 aliphatic rings. The van der Waals surface area contributed by atoms with E-state index in [2.05, 4.69) is 364 Å². The summed E-state index contributed by atoms with van der Waals surface area (Å²) in [5, 5.41) is 4.28. The molecule has 16 aromatic rings. The van der Waals surface area contributed by atoms with Crippen molar-refractivity contribution in [2.75, 3.05) is 0 Å². The average Bonchev–Trinajstić information content (AvgIpc) is 1.53. The molecule has 5 aromatic heterocycles. The Balaban J connectivity index is 0.894. The molecule has 0 amide bonds. The van der Waals surface area contributed by atoms with E-state index in [1.54, 1.807) is 0 Å². The van der Waals surface area contributed by atoms with Gasteiger partial charge in [0.25, 0.3) is 6.71 Å². The van der Waals surface area contributed by atoms with Crippen molar-refractivity contribution in [1.82, 2.24) is 54.0 Å². The van der Waals surface area contributed by atoms with Gasteiger partial charge in [-0.2, -0.15) is 0 Å². The molecule has 0 spiro atoms. The molecule has 0 fully saturated rings. The van der Waals surface area contributed by atoms with Crippen molar-refractivity contribution in [3.63, 3.8) is 0 Å². The van der Waals surface area contributed by atoms with Crippen LogP contribution in [0.2, 0.25) is 0 Å². The summed E-state index contributed by atoms with van der Waals surface area (Å²) < 4.78 is 5.03. The van der Waals surface area contributed by atoms with Gasteiger partial charge in [0.1, 0.15) is 0 Å². The first-order valence-electron chi connectivity index (χ1n) is 39.0. The molecule has 0 unspecified atom stereocenters. The van der Waals surface area contributed by atoms with Crippen LogP contribution < -0.4 is 16.4 Å². The van der Waals surface area contributed by atoms with Crippen LogP contribution in [0.5, 0.6) is 0 Å². The van der Waals surface area contributed by atoms with Crippen molar-refractivity contribution in [2.45, 2.75) is 157 Å². The first kappa shape index (κ1) is 70.8. The summed E-state index contributed by atoms with van der Waals surface area (Å²) in [6, 6.07) is 84.1. The molecule has 0 saturated heterocycles. The summed E-state index contributed by atoms with van der Waals surface area (Å²) in [7, 11) is 0. The summed E-state index contributed by atoms with van der Waals surface area (Å²) in [6.45, 7) is 40.2. The van der Waals surface area contributed by atoms with E-state index in [1.807, 2.05) is 0 Å². The number of benzene rings is 11. The minimum absolute atomic E-state index is 0.0244.